The summed E-state index contributed by atoms with van der Waals surface area (Å²) in [5.74, 6) is 0.932. The number of hydrogen-bond donors (Lipinski definition) is 1. The van der Waals surface area contributed by atoms with Crippen molar-refractivity contribution in [3.63, 3.8) is 0 Å². The van der Waals surface area contributed by atoms with E-state index >= 15 is 0 Å². The molecular formula is C13H17N5OS. The maximum atomic E-state index is 12.4. The van der Waals surface area contributed by atoms with Gasteiger partial charge in [-0.2, -0.15) is 0 Å². The van der Waals surface area contributed by atoms with Crippen molar-refractivity contribution in [1.29, 1.82) is 0 Å². The molecule has 0 bridgehead atoms. The molecule has 1 amide bonds. The van der Waals surface area contributed by atoms with Crippen LogP contribution in [-0.4, -0.2) is 56.8 Å². The fourth-order valence-electron chi connectivity index (χ4n) is 2.58. The van der Waals surface area contributed by atoms with Crippen LogP contribution in [0.5, 0.6) is 0 Å². The Balaban J connectivity index is 1.78. The van der Waals surface area contributed by atoms with Gasteiger partial charge in [0.1, 0.15) is 11.5 Å². The maximum absolute atomic E-state index is 12.4. The van der Waals surface area contributed by atoms with Gasteiger partial charge in [0.2, 0.25) is 0 Å². The normalized spacial score (nSPS) is 20.2. The van der Waals surface area contributed by atoms with Crippen molar-refractivity contribution < 1.29 is 4.79 Å². The smallest absolute Gasteiger partial charge is 0.273 e. The number of nitrogens with one attached hydrogen (secondary N) is 1. The Labute approximate surface area is 121 Å². The number of hydrogen-bond acceptors (Lipinski definition) is 5. The van der Waals surface area contributed by atoms with Gasteiger partial charge in [-0.15, -0.1) is 11.3 Å². The molecule has 2 aromatic heterocycles. The van der Waals surface area contributed by atoms with Crippen LogP contribution < -0.4 is 0 Å². The summed E-state index contributed by atoms with van der Waals surface area (Å²) in [7, 11) is 0. The summed E-state index contributed by atoms with van der Waals surface area (Å²) in [5, 5.41) is 1.80. The molecule has 0 saturated carbocycles. The lowest BCUT2D eigenvalue weighted by Gasteiger charge is -2.39. The molecule has 0 radical (unpaired) electrons. The van der Waals surface area contributed by atoms with E-state index in [0.29, 0.717) is 12.2 Å². The molecule has 0 aromatic carbocycles. The van der Waals surface area contributed by atoms with E-state index < -0.39 is 0 Å². The Morgan fingerprint density at radius 3 is 3.05 bits per heavy atom. The molecule has 0 aliphatic carbocycles. The van der Waals surface area contributed by atoms with E-state index in [4.69, 9.17) is 0 Å². The Morgan fingerprint density at radius 2 is 2.40 bits per heavy atom. The average molecular weight is 291 g/mol. The van der Waals surface area contributed by atoms with Crippen LogP contribution in [0, 0.1) is 0 Å². The van der Waals surface area contributed by atoms with Gasteiger partial charge in [-0.25, -0.2) is 9.97 Å². The standard InChI is InChI=1S/C13H17N5OS/c1-2-17-5-6-18(13(19)10-8-20-9-16-10)7-11(17)12-14-3-4-15-12/h3-4,8-9,11H,2,5-7H2,1H3,(H,14,15)/t11-/m1/s1. The number of likely N-dealkylation sites (N-methyl/N-ethyl adjacent to an activating group) is 1. The zero-order valence-electron chi connectivity index (χ0n) is 11.3. The van der Waals surface area contributed by atoms with E-state index in [2.05, 4.69) is 26.8 Å². The Bertz CT molecular complexity index is 553. The largest absolute Gasteiger partial charge is 0.347 e. The number of carbonyl (C=O) groups is 1. The van der Waals surface area contributed by atoms with Crippen molar-refractivity contribution in [2.24, 2.45) is 0 Å². The zero-order valence-corrected chi connectivity index (χ0v) is 12.1. The fraction of sp³-hybridized carbons (Fsp3) is 0.462. The van der Waals surface area contributed by atoms with Crippen LogP contribution in [0.15, 0.2) is 23.3 Å². The number of rotatable bonds is 3. The van der Waals surface area contributed by atoms with Gasteiger partial charge >= 0.3 is 0 Å². The number of aromatic nitrogens is 3. The monoisotopic (exact) mass is 291 g/mol. The van der Waals surface area contributed by atoms with Gasteiger partial charge in [-0.05, 0) is 6.54 Å². The maximum Gasteiger partial charge on any atom is 0.273 e. The molecule has 6 nitrogen and oxygen atoms in total. The highest BCUT2D eigenvalue weighted by atomic mass is 32.1. The molecule has 2 aromatic rings. The minimum Gasteiger partial charge on any atom is -0.347 e. The summed E-state index contributed by atoms with van der Waals surface area (Å²) in [6.07, 6.45) is 3.58. The fourth-order valence-corrected chi connectivity index (χ4v) is 3.11. The molecule has 0 spiro atoms. The second kappa shape index (κ2) is 5.72. The van der Waals surface area contributed by atoms with Crippen molar-refractivity contribution in [1.82, 2.24) is 24.8 Å². The van der Waals surface area contributed by atoms with Crippen molar-refractivity contribution in [3.05, 3.63) is 34.8 Å². The van der Waals surface area contributed by atoms with Gasteiger partial charge in [-0.3, -0.25) is 9.69 Å². The quantitative estimate of drug-likeness (QED) is 0.928. The predicted octanol–water partition coefficient (Wildman–Crippen LogP) is 1.39. The Morgan fingerprint density at radius 1 is 1.50 bits per heavy atom. The Kier molecular flexibility index (Phi) is 3.79. The van der Waals surface area contributed by atoms with Gasteiger partial charge in [0.05, 0.1) is 11.6 Å². The number of nitrogens with zero attached hydrogens (tertiary/aromatic N) is 4. The molecule has 1 aliphatic rings. The lowest BCUT2D eigenvalue weighted by Crippen LogP contribution is -2.50. The molecular weight excluding hydrogens is 274 g/mol. The number of H-pyrrole nitrogens is 1. The lowest BCUT2D eigenvalue weighted by atomic mass is 10.1. The first-order chi connectivity index (χ1) is 9.79. The van der Waals surface area contributed by atoms with Crippen LogP contribution in [-0.2, 0) is 0 Å². The molecule has 106 valence electrons. The molecule has 7 heteroatoms. The molecule has 1 N–H and O–H groups in total. The van der Waals surface area contributed by atoms with Crippen molar-refractivity contribution in [3.8, 4) is 0 Å². The average Bonchev–Trinajstić information content (AvgIpc) is 3.18. The van der Waals surface area contributed by atoms with Gasteiger partial charge in [-0.1, -0.05) is 6.92 Å². The second-order valence-corrected chi connectivity index (χ2v) is 5.46. The van der Waals surface area contributed by atoms with Gasteiger partial charge in [0, 0.05) is 37.4 Å². The lowest BCUT2D eigenvalue weighted by molar-refractivity contribution is 0.0475. The van der Waals surface area contributed by atoms with Crippen molar-refractivity contribution >= 4 is 17.2 Å². The second-order valence-electron chi connectivity index (χ2n) is 4.74. The van der Waals surface area contributed by atoms with Gasteiger partial charge in [0.15, 0.2) is 0 Å². The highest BCUT2D eigenvalue weighted by molar-refractivity contribution is 7.07. The summed E-state index contributed by atoms with van der Waals surface area (Å²) in [6, 6.07) is 0.131. The van der Waals surface area contributed by atoms with Gasteiger partial charge < -0.3 is 9.88 Å². The van der Waals surface area contributed by atoms with E-state index in [1.807, 2.05) is 11.1 Å². The third kappa shape index (κ3) is 2.46. The molecule has 3 rings (SSSR count). The summed E-state index contributed by atoms with van der Waals surface area (Å²) >= 11 is 1.45. The summed E-state index contributed by atoms with van der Waals surface area (Å²) in [6.45, 7) is 5.33. The highest BCUT2D eigenvalue weighted by Crippen LogP contribution is 2.23. The number of thiazole rings is 1. The van der Waals surface area contributed by atoms with E-state index in [1.165, 1.54) is 11.3 Å². The number of imidazole rings is 1. The van der Waals surface area contributed by atoms with Crippen molar-refractivity contribution in [2.45, 2.75) is 13.0 Å². The van der Waals surface area contributed by atoms with E-state index in [9.17, 15) is 4.79 Å². The highest BCUT2D eigenvalue weighted by Gasteiger charge is 2.31. The third-order valence-electron chi connectivity index (χ3n) is 3.67. The summed E-state index contributed by atoms with van der Waals surface area (Å²) in [4.78, 5) is 28.2. The molecule has 20 heavy (non-hydrogen) atoms. The first-order valence-corrected chi connectivity index (χ1v) is 7.64. The number of amides is 1. The molecule has 3 heterocycles. The summed E-state index contributed by atoms with van der Waals surface area (Å²) < 4.78 is 0. The SMILES string of the molecule is CCN1CCN(C(=O)c2cscn2)C[C@@H]1c1ncc[nH]1. The van der Waals surface area contributed by atoms with Crippen LogP contribution in [0.25, 0.3) is 0 Å². The molecule has 1 aliphatic heterocycles. The number of piperazine rings is 1. The zero-order chi connectivity index (χ0) is 13.9. The minimum absolute atomic E-state index is 0.0126. The van der Waals surface area contributed by atoms with Crippen LogP contribution in [0.2, 0.25) is 0 Å². The third-order valence-corrected chi connectivity index (χ3v) is 4.26. The van der Waals surface area contributed by atoms with Gasteiger partial charge in [0.25, 0.3) is 5.91 Å². The molecule has 0 unspecified atom stereocenters. The minimum atomic E-state index is 0.0126. The van der Waals surface area contributed by atoms with E-state index in [1.54, 1.807) is 17.1 Å². The molecule has 1 saturated heterocycles. The number of carbonyl (C=O) groups excluding carboxylic acids is 1. The topological polar surface area (TPSA) is 65.1 Å². The molecule has 1 atom stereocenters. The Hall–Kier alpha value is -1.73. The van der Waals surface area contributed by atoms with Crippen LogP contribution >= 0.6 is 11.3 Å². The predicted molar refractivity (Wildman–Crippen MR) is 76.6 cm³/mol. The van der Waals surface area contributed by atoms with Crippen molar-refractivity contribution in [2.75, 3.05) is 26.2 Å². The van der Waals surface area contributed by atoms with Crippen LogP contribution in [0.1, 0.15) is 29.3 Å². The molecule has 1 fully saturated rings. The van der Waals surface area contributed by atoms with E-state index in [-0.39, 0.29) is 11.9 Å². The van der Waals surface area contributed by atoms with Crippen LogP contribution in [0.3, 0.4) is 0 Å². The first kappa shape index (κ1) is 13.3. The van der Waals surface area contributed by atoms with E-state index in [0.717, 1.165) is 25.5 Å². The van der Waals surface area contributed by atoms with Crippen LogP contribution in [0.4, 0.5) is 0 Å². The summed E-state index contributed by atoms with van der Waals surface area (Å²) in [5.41, 5.74) is 2.23. The first-order valence-electron chi connectivity index (χ1n) is 6.70. The number of aromatic amines is 1.